The summed E-state index contributed by atoms with van der Waals surface area (Å²) in [6, 6.07) is 10.3. The fourth-order valence-electron chi connectivity index (χ4n) is 2.83. The first-order chi connectivity index (χ1) is 9.74. The lowest BCUT2D eigenvalue weighted by Gasteiger charge is -2.30. The van der Waals surface area contributed by atoms with Crippen molar-refractivity contribution in [2.75, 3.05) is 26.2 Å². The summed E-state index contributed by atoms with van der Waals surface area (Å²) in [5, 5.41) is 3.02. The van der Waals surface area contributed by atoms with Gasteiger partial charge in [-0.25, -0.2) is 0 Å². The Kier molecular flexibility index (Phi) is 6.06. The Labute approximate surface area is 122 Å². The van der Waals surface area contributed by atoms with Crippen LogP contribution in [-0.4, -0.2) is 37.0 Å². The van der Waals surface area contributed by atoms with Crippen molar-refractivity contribution < 1.29 is 4.79 Å². The van der Waals surface area contributed by atoms with Gasteiger partial charge in [-0.05, 0) is 37.3 Å². The van der Waals surface area contributed by atoms with Gasteiger partial charge in [0.25, 0.3) is 0 Å². The fourth-order valence-corrected chi connectivity index (χ4v) is 2.83. The minimum absolute atomic E-state index is 0.180. The van der Waals surface area contributed by atoms with E-state index in [-0.39, 0.29) is 5.91 Å². The van der Waals surface area contributed by atoms with Crippen LogP contribution in [0.25, 0.3) is 0 Å². The minimum atomic E-state index is 0.180. The maximum Gasteiger partial charge on any atom is 0.221 e. The first kappa shape index (κ1) is 15.0. The maximum atomic E-state index is 11.8. The third-order valence-corrected chi connectivity index (χ3v) is 3.97. The fraction of sp³-hybridized carbons (Fsp3) is 0.588. The molecule has 1 saturated heterocycles. The van der Waals surface area contributed by atoms with E-state index in [0.29, 0.717) is 6.42 Å². The second-order valence-corrected chi connectivity index (χ2v) is 5.88. The summed E-state index contributed by atoms with van der Waals surface area (Å²) < 4.78 is 0. The molecule has 0 aromatic heterocycles. The van der Waals surface area contributed by atoms with Crippen molar-refractivity contribution in [1.29, 1.82) is 0 Å². The van der Waals surface area contributed by atoms with E-state index >= 15 is 0 Å². The van der Waals surface area contributed by atoms with Crippen LogP contribution in [0.2, 0.25) is 0 Å². The molecule has 0 aliphatic carbocycles. The Balaban J connectivity index is 1.58. The minimum Gasteiger partial charge on any atom is -0.356 e. The molecular weight excluding hydrogens is 248 g/mol. The number of carbonyl (C=O) groups excluding carboxylic acids is 1. The van der Waals surface area contributed by atoms with Gasteiger partial charge in [0.15, 0.2) is 0 Å². The molecule has 1 aliphatic heterocycles. The normalized spacial score (nSPS) is 19.8. The summed E-state index contributed by atoms with van der Waals surface area (Å²) in [5.74, 6) is 0.962. The Bertz CT molecular complexity index is 405. The predicted molar refractivity (Wildman–Crippen MR) is 82.6 cm³/mol. The molecule has 1 heterocycles. The van der Waals surface area contributed by atoms with Crippen molar-refractivity contribution in [3.05, 3.63) is 35.9 Å². The number of piperidine rings is 1. The van der Waals surface area contributed by atoms with Crippen molar-refractivity contribution >= 4 is 5.91 Å². The number of hydrogen-bond acceptors (Lipinski definition) is 2. The Hall–Kier alpha value is -1.35. The molecule has 1 aromatic carbocycles. The molecule has 0 spiro atoms. The molecule has 1 fully saturated rings. The highest BCUT2D eigenvalue weighted by Gasteiger charge is 2.16. The van der Waals surface area contributed by atoms with Crippen LogP contribution in [0, 0.1) is 5.92 Å². The van der Waals surface area contributed by atoms with Gasteiger partial charge in [0.1, 0.15) is 0 Å². The molecule has 0 bridgehead atoms. The molecule has 1 atom stereocenters. The van der Waals surface area contributed by atoms with Crippen molar-refractivity contribution in [2.45, 2.75) is 32.6 Å². The number of rotatable bonds is 6. The van der Waals surface area contributed by atoms with E-state index in [1.165, 1.54) is 18.4 Å². The van der Waals surface area contributed by atoms with Gasteiger partial charge in [-0.3, -0.25) is 4.79 Å². The van der Waals surface area contributed by atoms with E-state index in [4.69, 9.17) is 0 Å². The number of likely N-dealkylation sites (tertiary alicyclic amines) is 1. The SMILES string of the molecule is CC1CCCN(CCC(=O)NCCc2ccccc2)C1. The lowest BCUT2D eigenvalue weighted by atomic mass is 10.0. The third-order valence-electron chi connectivity index (χ3n) is 3.97. The van der Waals surface area contributed by atoms with Gasteiger partial charge in [0.05, 0.1) is 0 Å². The average molecular weight is 274 g/mol. The van der Waals surface area contributed by atoms with Crippen molar-refractivity contribution in [3.8, 4) is 0 Å². The highest BCUT2D eigenvalue weighted by Crippen LogP contribution is 2.15. The van der Waals surface area contributed by atoms with Crippen LogP contribution in [0.1, 0.15) is 31.7 Å². The molecule has 3 nitrogen and oxygen atoms in total. The largest absolute Gasteiger partial charge is 0.356 e. The third kappa shape index (κ3) is 5.33. The first-order valence-corrected chi connectivity index (χ1v) is 7.77. The van der Waals surface area contributed by atoms with Crippen LogP contribution in [0.15, 0.2) is 30.3 Å². The van der Waals surface area contributed by atoms with Gasteiger partial charge in [0.2, 0.25) is 5.91 Å². The lowest BCUT2D eigenvalue weighted by molar-refractivity contribution is -0.121. The van der Waals surface area contributed by atoms with E-state index < -0.39 is 0 Å². The van der Waals surface area contributed by atoms with Crippen molar-refractivity contribution in [1.82, 2.24) is 10.2 Å². The van der Waals surface area contributed by atoms with E-state index in [9.17, 15) is 4.79 Å². The number of amides is 1. The molecule has 1 N–H and O–H groups in total. The van der Waals surface area contributed by atoms with Crippen LogP contribution >= 0.6 is 0 Å². The zero-order valence-electron chi connectivity index (χ0n) is 12.5. The molecule has 0 saturated carbocycles. The maximum absolute atomic E-state index is 11.8. The molecule has 3 heteroatoms. The monoisotopic (exact) mass is 274 g/mol. The molecule has 20 heavy (non-hydrogen) atoms. The Morgan fingerprint density at radius 2 is 2.15 bits per heavy atom. The van der Waals surface area contributed by atoms with E-state index in [1.807, 2.05) is 18.2 Å². The molecule has 2 rings (SSSR count). The zero-order chi connectivity index (χ0) is 14.2. The van der Waals surface area contributed by atoms with Crippen molar-refractivity contribution in [2.24, 2.45) is 5.92 Å². The molecule has 1 unspecified atom stereocenters. The van der Waals surface area contributed by atoms with Crippen LogP contribution < -0.4 is 5.32 Å². The topological polar surface area (TPSA) is 32.3 Å². The summed E-state index contributed by atoms with van der Waals surface area (Å²) in [4.78, 5) is 14.2. The first-order valence-electron chi connectivity index (χ1n) is 7.77. The number of carbonyl (C=O) groups is 1. The average Bonchev–Trinajstić information content (AvgIpc) is 2.46. The summed E-state index contributed by atoms with van der Waals surface area (Å²) in [7, 11) is 0. The van der Waals surface area contributed by atoms with Gasteiger partial charge < -0.3 is 10.2 Å². The molecule has 1 amide bonds. The second-order valence-electron chi connectivity index (χ2n) is 5.88. The summed E-state index contributed by atoms with van der Waals surface area (Å²) in [5.41, 5.74) is 1.28. The van der Waals surface area contributed by atoms with Gasteiger partial charge in [0, 0.05) is 26.1 Å². The Morgan fingerprint density at radius 3 is 2.90 bits per heavy atom. The predicted octanol–water partition coefficient (Wildman–Crippen LogP) is 2.47. The highest BCUT2D eigenvalue weighted by molar-refractivity contribution is 5.76. The Morgan fingerprint density at radius 1 is 1.35 bits per heavy atom. The molecular formula is C17H26N2O. The number of benzene rings is 1. The quantitative estimate of drug-likeness (QED) is 0.864. The van der Waals surface area contributed by atoms with Gasteiger partial charge in [-0.15, -0.1) is 0 Å². The second kappa shape index (κ2) is 8.05. The van der Waals surface area contributed by atoms with Gasteiger partial charge in [-0.1, -0.05) is 37.3 Å². The van der Waals surface area contributed by atoms with Crippen LogP contribution in [0.3, 0.4) is 0 Å². The highest BCUT2D eigenvalue weighted by atomic mass is 16.1. The van der Waals surface area contributed by atoms with E-state index in [1.54, 1.807) is 0 Å². The molecule has 0 radical (unpaired) electrons. The van der Waals surface area contributed by atoms with Crippen LogP contribution in [0.5, 0.6) is 0 Å². The van der Waals surface area contributed by atoms with Crippen LogP contribution in [-0.2, 0) is 11.2 Å². The summed E-state index contributed by atoms with van der Waals surface area (Å²) in [6.45, 7) is 6.24. The van der Waals surface area contributed by atoms with E-state index in [0.717, 1.165) is 38.5 Å². The van der Waals surface area contributed by atoms with E-state index in [2.05, 4.69) is 29.3 Å². The number of nitrogens with one attached hydrogen (secondary N) is 1. The zero-order valence-corrected chi connectivity index (χ0v) is 12.5. The summed E-state index contributed by atoms with van der Waals surface area (Å²) in [6.07, 6.45) is 4.14. The number of nitrogens with zero attached hydrogens (tertiary/aromatic N) is 1. The number of hydrogen-bond donors (Lipinski definition) is 1. The smallest absolute Gasteiger partial charge is 0.221 e. The van der Waals surface area contributed by atoms with Gasteiger partial charge >= 0.3 is 0 Å². The van der Waals surface area contributed by atoms with Crippen molar-refractivity contribution in [3.63, 3.8) is 0 Å². The van der Waals surface area contributed by atoms with Crippen LogP contribution in [0.4, 0.5) is 0 Å². The molecule has 1 aromatic rings. The molecule has 1 aliphatic rings. The lowest BCUT2D eigenvalue weighted by Crippen LogP contribution is -2.37. The standard InChI is InChI=1S/C17H26N2O/c1-15-6-5-12-19(14-15)13-10-17(20)18-11-9-16-7-3-2-4-8-16/h2-4,7-8,15H,5-6,9-14H2,1H3,(H,18,20). The molecule has 110 valence electrons. The van der Waals surface area contributed by atoms with Gasteiger partial charge in [-0.2, -0.15) is 0 Å². The summed E-state index contributed by atoms with van der Waals surface area (Å²) >= 11 is 0.